The predicted octanol–water partition coefficient (Wildman–Crippen LogP) is 3.70. The third kappa shape index (κ3) is 2.91. The molecule has 0 aromatic heterocycles. The van der Waals surface area contributed by atoms with Gasteiger partial charge in [0.15, 0.2) is 0 Å². The summed E-state index contributed by atoms with van der Waals surface area (Å²) in [5.74, 6) is 1.36. The summed E-state index contributed by atoms with van der Waals surface area (Å²) in [6.45, 7) is 9.22. The van der Waals surface area contributed by atoms with E-state index in [1.165, 1.54) is 44.6 Å². The standard InChI is InChI=1S/C13H25N2/c1-4-7-10-15(11-8-5-2)12-9-14-13(15)6-3/h9,12H,4-8,10-11H2,1-3H3/q+1. The minimum Gasteiger partial charge on any atom is -0.251 e. The number of amidine groups is 1. The van der Waals surface area contributed by atoms with Gasteiger partial charge < -0.3 is 0 Å². The van der Waals surface area contributed by atoms with E-state index in [1.807, 2.05) is 6.20 Å². The molecule has 0 aromatic rings. The van der Waals surface area contributed by atoms with Crippen molar-refractivity contribution in [2.24, 2.45) is 4.99 Å². The van der Waals surface area contributed by atoms with Gasteiger partial charge in [0, 0.05) is 6.42 Å². The van der Waals surface area contributed by atoms with Gasteiger partial charge in [-0.3, -0.25) is 4.48 Å². The Morgan fingerprint density at radius 3 is 2.13 bits per heavy atom. The van der Waals surface area contributed by atoms with Crippen molar-refractivity contribution in [3.63, 3.8) is 0 Å². The molecule has 0 fully saturated rings. The Kier molecular flexibility index (Phi) is 5.03. The van der Waals surface area contributed by atoms with Gasteiger partial charge in [0.05, 0.1) is 19.3 Å². The molecule has 15 heavy (non-hydrogen) atoms. The number of unbranched alkanes of at least 4 members (excludes halogenated alkanes) is 2. The average molecular weight is 209 g/mol. The van der Waals surface area contributed by atoms with Gasteiger partial charge >= 0.3 is 0 Å². The van der Waals surface area contributed by atoms with Gasteiger partial charge in [-0.1, -0.05) is 33.6 Å². The lowest BCUT2D eigenvalue weighted by Gasteiger charge is -2.32. The summed E-state index contributed by atoms with van der Waals surface area (Å²) in [6.07, 6.45) is 10.5. The van der Waals surface area contributed by atoms with Crippen molar-refractivity contribution < 1.29 is 4.48 Å². The van der Waals surface area contributed by atoms with E-state index in [4.69, 9.17) is 0 Å². The van der Waals surface area contributed by atoms with Crippen LogP contribution in [-0.2, 0) is 0 Å². The number of quaternary nitrogens is 1. The van der Waals surface area contributed by atoms with E-state index in [-0.39, 0.29) is 0 Å². The predicted molar refractivity (Wildman–Crippen MR) is 66.7 cm³/mol. The Bertz CT molecular complexity index is 233. The minimum absolute atomic E-state index is 1.04. The topological polar surface area (TPSA) is 12.4 Å². The molecule has 0 spiro atoms. The highest BCUT2D eigenvalue weighted by Gasteiger charge is 2.32. The first-order valence-electron chi connectivity index (χ1n) is 6.40. The highest BCUT2D eigenvalue weighted by atomic mass is 15.4. The van der Waals surface area contributed by atoms with Crippen molar-refractivity contribution in [1.82, 2.24) is 0 Å². The number of nitrogens with zero attached hydrogens (tertiary/aromatic N) is 2. The van der Waals surface area contributed by atoms with Crippen LogP contribution in [0, 0.1) is 0 Å². The van der Waals surface area contributed by atoms with Gasteiger partial charge in [0.1, 0.15) is 6.20 Å². The van der Waals surface area contributed by atoms with E-state index in [1.54, 1.807) is 0 Å². The summed E-state index contributed by atoms with van der Waals surface area (Å²) in [5, 5.41) is 0. The summed E-state index contributed by atoms with van der Waals surface area (Å²) in [6, 6.07) is 0. The number of hydrogen-bond donors (Lipinski definition) is 0. The van der Waals surface area contributed by atoms with Crippen molar-refractivity contribution >= 4 is 5.84 Å². The summed E-state index contributed by atoms with van der Waals surface area (Å²) >= 11 is 0. The van der Waals surface area contributed by atoms with Crippen LogP contribution in [0.25, 0.3) is 0 Å². The van der Waals surface area contributed by atoms with Crippen LogP contribution in [0.4, 0.5) is 0 Å². The van der Waals surface area contributed by atoms with Crippen LogP contribution in [0.5, 0.6) is 0 Å². The van der Waals surface area contributed by atoms with Gasteiger partial charge in [0.2, 0.25) is 5.84 Å². The zero-order valence-corrected chi connectivity index (χ0v) is 10.5. The third-order valence-electron chi connectivity index (χ3n) is 3.23. The number of hydrogen-bond acceptors (Lipinski definition) is 1. The zero-order chi connectivity index (χ0) is 11.1. The maximum atomic E-state index is 4.52. The molecular weight excluding hydrogens is 184 g/mol. The second-order valence-corrected chi connectivity index (χ2v) is 4.39. The zero-order valence-electron chi connectivity index (χ0n) is 10.5. The largest absolute Gasteiger partial charge is 0.251 e. The normalized spacial score (nSPS) is 18.2. The van der Waals surface area contributed by atoms with Gasteiger partial charge in [-0.15, -0.1) is 0 Å². The average Bonchev–Trinajstić information content (AvgIpc) is 2.67. The Morgan fingerprint density at radius 1 is 1.07 bits per heavy atom. The highest BCUT2D eigenvalue weighted by Crippen LogP contribution is 2.21. The molecule has 0 N–H and O–H groups in total. The molecule has 1 heterocycles. The molecule has 1 rings (SSSR count). The molecule has 2 nitrogen and oxygen atoms in total. The molecule has 0 saturated heterocycles. The van der Waals surface area contributed by atoms with Gasteiger partial charge in [-0.05, 0) is 12.8 Å². The van der Waals surface area contributed by atoms with E-state index < -0.39 is 0 Å². The third-order valence-corrected chi connectivity index (χ3v) is 3.23. The van der Waals surface area contributed by atoms with Crippen LogP contribution < -0.4 is 0 Å². The molecule has 0 unspecified atom stereocenters. The molecule has 0 radical (unpaired) electrons. The molecule has 0 bridgehead atoms. The van der Waals surface area contributed by atoms with Crippen LogP contribution in [-0.4, -0.2) is 23.4 Å². The second kappa shape index (κ2) is 6.06. The fourth-order valence-corrected chi connectivity index (χ4v) is 2.25. The van der Waals surface area contributed by atoms with Crippen molar-refractivity contribution in [1.29, 1.82) is 0 Å². The fourth-order valence-electron chi connectivity index (χ4n) is 2.25. The van der Waals surface area contributed by atoms with Gasteiger partial charge in [-0.2, -0.15) is 0 Å². The second-order valence-electron chi connectivity index (χ2n) is 4.39. The van der Waals surface area contributed by atoms with Crippen LogP contribution in [0.2, 0.25) is 0 Å². The van der Waals surface area contributed by atoms with Crippen molar-refractivity contribution in [3.8, 4) is 0 Å². The van der Waals surface area contributed by atoms with E-state index in [2.05, 4.69) is 32.0 Å². The smallest absolute Gasteiger partial charge is 0.207 e. The lowest BCUT2D eigenvalue weighted by atomic mass is 10.2. The number of rotatable bonds is 7. The van der Waals surface area contributed by atoms with Gasteiger partial charge in [-0.25, -0.2) is 4.99 Å². The van der Waals surface area contributed by atoms with E-state index in [0.29, 0.717) is 0 Å². The van der Waals surface area contributed by atoms with Crippen molar-refractivity contribution in [2.45, 2.75) is 52.9 Å². The molecule has 2 heteroatoms. The minimum atomic E-state index is 1.04. The SMILES string of the molecule is CCCC[N+]1(CCCC)C=CN=C1CC. The Hall–Kier alpha value is -0.630. The summed E-state index contributed by atoms with van der Waals surface area (Å²) in [4.78, 5) is 4.52. The number of aliphatic imine (C=N–C) groups is 1. The molecule has 0 saturated carbocycles. The molecular formula is C13H25N2+. The summed E-state index contributed by atoms with van der Waals surface area (Å²) in [7, 11) is 0. The highest BCUT2D eigenvalue weighted by molar-refractivity contribution is 5.77. The summed E-state index contributed by atoms with van der Waals surface area (Å²) < 4.78 is 1.04. The molecule has 0 atom stereocenters. The van der Waals surface area contributed by atoms with Crippen LogP contribution in [0.1, 0.15) is 52.9 Å². The molecule has 86 valence electrons. The monoisotopic (exact) mass is 209 g/mol. The Labute approximate surface area is 94.3 Å². The molecule has 0 aliphatic carbocycles. The van der Waals surface area contributed by atoms with E-state index in [9.17, 15) is 0 Å². The molecule has 0 amide bonds. The molecule has 1 aliphatic heterocycles. The summed E-state index contributed by atoms with van der Waals surface area (Å²) in [5.41, 5.74) is 0. The lowest BCUT2D eigenvalue weighted by molar-refractivity contribution is -0.788. The molecule has 1 aliphatic rings. The fraction of sp³-hybridized carbons (Fsp3) is 0.769. The maximum Gasteiger partial charge on any atom is 0.207 e. The Morgan fingerprint density at radius 2 is 1.67 bits per heavy atom. The maximum absolute atomic E-state index is 4.52. The van der Waals surface area contributed by atoms with Crippen LogP contribution in [0.3, 0.4) is 0 Å². The Balaban J connectivity index is 2.67. The molecule has 0 aromatic carbocycles. The lowest BCUT2D eigenvalue weighted by Crippen LogP contribution is -2.47. The van der Waals surface area contributed by atoms with Gasteiger partial charge in [0.25, 0.3) is 0 Å². The quantitative estimate of drug-likeness (QED) is 0.567. The first-order chi connectivity index (χ1) is 7.29. The van der Waals surface area contributed by atoms with Crippen molar-refractivity contribution in [3.05, 3.63) is 12.4 Å². The van der Waals surface area contributed by atoms with Crippen LogP contribution >= 0.6 is 0 Å². The van der Waals surface area contributed by atoms with Crippen molar-refractivity contribution in [2.75, 3.05) is 13.1 Å². The van der Waals surface area contributed by atoms with Crippen LogP contribution in [0.15, 0.2) is 17.4 Å². The first-order valence-corrected chi connectivity index (χ1v) is 6.40. The van der Waals surface area contributed by atoms with E-state index in [0.717, 1.165) is 10.9 Å². The first kappa shape index (κ1) is 12.4. The van der Waals surface area contributed by atoms with E-state index >= 15 is 0 Å².